The molecule has 88 valence electrons. The highest BCUT2D eigenvalue weighted by atomic mass is 79.9. The third-order valence-electron chi connectivity index (χ3n) is 3.13. The summed E-state index contributed by atoms with van der Waals surface area (Å²) in [6.07, 6.45) is 4.53. The fourth-order valence-electron chi connectivity index (χ4n) is 2.07. The first-order chi connectivity index (χ1) is 8.22. The van der Waals surface area contributed by atoms with E-state index in [0.717, 1.165) is 40.8 Å². The number of rotatable bonds is 2. The number of carbonyl (C=O) groups excluding carboxylic acids is 1. The van der Waals surface area contributed by atoms with Gasteiger partial charge in [-0.2, -0.15) is 0 Å². The number of hydrogen-bond acceptors (Lipinski definition) is 4. The predicted octanol–water partition coefficient (Wildman–Crippen LogP) is 2.94. The van der Waals surface area contributed by atoms with Gasteiger partial charge in [0.1, 0.15) is 0 Å². The van der Waals surface area contributed by atoms with E-state index in [9.17, 15) is 4.79 Å². The molecule has 3 rings (SSSR count). The zero-order valence-corrected chi connectivity index (χ0v) is 10.6. The third kappa shape index (κ3) is 1.75. The molecule has 1 aliphatic heterocycles. The number of hydrogen-bond donors (Lipinski definition) is 0. The van der Waals surface area contributed by atoms with Gasteiger partial charge in [0.15, 0.2) is 11.5 Å². The summed E-state index contributed by atoms with van der Waals surface area (Å²) in [6.45, 7) is 0.299. The first-order valence-corrected chi connectivity index (χ1v) is 6.26. The molecule has 0 bridgehead atoms. The van der Waals surface area contributed by atoms with Crippen LogP contribution in [0.4, 0.5) is 0 Å². The molecule has 1 saturated carbocycles. The molecular weight excluding hydrogens is 286 g/mol. The van der Waals surface area contributed by atoms with Gasteiger partial charge < -0.3 is 9.47 Å². The van der Waals surface area contributed by atoms with Gasteiger partial charge >= 0.3 is 0 Å². The Balaban J connectivity index is 1.92. The smallest absolute Gasteiger partial charge is 0.251 e. The molecular formula is C12H10BrNO3. The van der Waals surface area contributed by atoms with Crippen LogP contribution in [0.2, 0.25) is 0 Å². The second kappa shape index (κ2) is 3.86. The van der Waals surface area contributed by atoms with Gasteiger partial charge in [-0.1, -0.05) is 15.9 Å². The summed E-state index contributed by atoms with van der Waals surface area (Å²) in [5, 5.41) is 0. The normalized spacial score (nSPS) is 18.6. The van der Waals surface area contributed by atoms with Crippen molar-refractivity contribution in [3.05, 3.63) is 22.2 Å². The third-order valence-corrected chi connectivity index (χ3v) is 3.87. The highest BCUT2D eigenvalue weighted by molar-refractivity contribution is 9.10. The number of ether oxygens (including phenoxy) is 2. The van der Waals surface area contributed by atoms with Crippen molar-refractivity contribution in [2.75, 3.05) is 0 Å². The summed E-state index contributed by atoms with van der Waals surface area (Å²) in [4.78, 5) is 13.7. The Morgan fingerprint density at radius 1 is 1.35 bits per heavy atom. The van der Waals surface area contributed by atoms with Gasteiger partial charge in [-0.05, 0) is 24.1 Å². The minimum Gasteiger partial charge on any atom is -0.448 e. The Labute approximate surface area is 107 Å². The Kier molecular flexibility index (Phi) is 2.45. The van der Waals surface area contributed by atoms with Gasteiger partial charge in [-0.15, -0.1) is 0 Å². The van der Waals surface area contributed by atoms with Crippen LogP contribution in [0.15, 0.2) is 21.6 Å². The maximum atomic E-state index is 10.1. The van der Waals surface area contributed by atoms with Crippen LogP contribution in [0.3, 0.4) is 0 Å². The van der Waals surface area contributed by atoms with Crippen LogP contribution in [0, 0.1) is 0 Å². The van der Waals surface area contributed by atoms with Gasteiger partial charge in [0, 0.05) is 17.3 Å². The van der Waals surface area contributed by atoms with E-state index < -0.39 is 5.79 Å². The Hall–Kier alpha value is -1.32. The monoisotopic (exact) mass is 295 g/mol. The maximum Gasteiger partial charge on any atom is 0.251 e. The van der Waals surface area contributed by atoms with E-state index in [4.69, 9.17) is 9.47 Å². The number of halogens is 1. The van der Waals surface area contributed by atoms with Crippen molar-refractivity contribution in [1.82, 2.24) is 0 Å². The number of isocyanates is 1. The second-order valence-electron chi connectivity index (χ2n) is 4.27. The molecule has 0 unspecified atom stereocenters. The average molecular weight is 296 g/mol. The summed E-state index contributed by atoms with van der Waals surface area (Å²) in [5.41, 5.74) is 0.895. The fraction of sp³-hybridized carbons (Fsp3) is 0.417. The number of benzene rings is 1. The molecule has 0 saturated heterocycles. The molecule has 0 N–H and O–H groups in total. The van der Waals surface area contributed by atoms with Gasteiger partial charge in [0.05, 0.1) is 6.54 Å². The minimum atomic E-state index is -0.422. The lowest BCUT2D eigenvalue weighted by atomic mass is 9.91. The molecule has 1 aliphatic carbocycles. The van der Waals surface area contributed by atoms with Gasteiger partial charge in [-0.3, -0.25) is 0 Å². The fourth-order valence-corrected chi connectivity index (χ4v) is 2.51. The summed E-state index contributed by atoms with van der Waals surface area (Å²) in [5.74, 6) is 1.08. The van der Waals surface area contributed by atoms with Crippen molar-refractivity contribution in [2.45, 2.75) is 31.6 Å². The molecule has 1 spiro atoms. The molecule has 0 amide bonds. The van der Waals surface area contributed by atoms with Crippen molar-refractivity contribution >= 4 is 22.0 Å². The van der Waals surface area contributed by atoms with E-state index in [-0.39, 0.29) is 0 Å². The maximum absolute atomic E-state index is 10.1. The molecule has 1 heterocycles. The van der Waals surface area contributed by atoms with Gasteiger partial charge in [0.25, 0.3) is 5.79 Å². The average Bonchev–Trinajstić information content (AvgIpc) is 2.64. The first-order valence-electron chi connectivity index (χ1n) is 5.46. The summed E-state index contributed by atoms with van der Waals surface area (Å²) in [7, 11) is 0. The Bertz CT molecular complexity index is 519. The van der Waals surface area contributed by atoms with Crippen molar-refractivity contribution in [2.24, 2.45) is 4.99 Å². The summed E-state index contributed by atoms with van der Waals surface area (Å²) < 4.78 is 12.5. The quantitative estimate of drug-likeness (QED) is 0.622. The second-order valence-corrected chi connectivity index (χ2v) is 5.12. The predicted molar refractivity (Wildman–Crippen MR) is 63.8 cm³/mol. The van der Waals surface area contributed by atoms with Crippen molar-refractivity contribution in [1.29, 1.82) is 0 Å². The topological polar surface area (TPSA) is 47.9 Å². The van der Waals surface area contributed by atoms with Crippen molar-refractivity contribution in [3.8, 4) is 11.5 Å². The lowest BCUT2D eigenvalue weighted by Crippen LogP contribution is -2.45. The number of aliphatic imine (C=N–C) groups is 1. The van der Waals surface area contributed by atoms with E-state index in [1.165, 1.54) is 6.08 Å². The molecule has 4 nitrogen and oxygen atoms in total. The van der Waals surface area contributed by atoms with Crippen LogP contribution in [0.1, 0.15) is 24.8 Å². The van der Waals surface area contributed by atoms with Crippen LogP contribution in [0.25, 0.3) is 0 Å². The molecule has 0 atom stereocenters. The SMILES string of the molecule is O=C=NCc1cc2c(cc1Br)OC1(CCC1)O2. The van der Waals surface area contributed by atoms with Crippen LogP contribution in [-0.2, 0) is 11.3 Å². The highest BCUT2D eigenvalue weighted by Crippen LogP contribution is 2.49. The lowest BCUT2D eigenvalue weighted by Gasteiger charge is -2.35. The van der Waals surface area contributed by atoms with Crippen LogP contribution >= 0.6 is 15.9 Å². The molecule has 1 aromatic carbocycles. The molecule has 5 heteroatoms. The largest absolute Gasteiger partial charge is 0.448 e. The zero-order chi connectivity index (χ0) is 11.9. The zero-order valence-electron chi connectivity index (χ0n) is 9.03. The Morgan fingerprint density at radius 2 is 2.06 bits per heavy atom. The van der Waals surface area contributed by atoms with E-state index in [0.29, 0.717) is 6.54 Å². The molecule has 0 radical (unpaired) electrons. The van der Waals surface area contributed by atoms with E-state index in [1.54, 1.807) is 0 Å². The minimum absolute atomic E-state index is 0.299. The number of nitrogens with zero attached hydrogens (tertiary/aromatic N) is 1. The van der Waals surface area contributed by atoms with Crippen molar-refractivity contribution < 1.29 is 14.3 Å². The number of fused-ring (bicyclic) bond motifs is 1. The van der Waals surface area contributed by atoms with E-state index in [2.05, 4.69) is 20.9 Å². The van der Waals surface area contributed by atoms with Gasteiger partial charge in [-0.25, -0.2) is 9.79 Å². The van der Waals surface area contributed by atoms with Crippen LogP contribution in [0.5, 0.6) is 11.5 Å². The molecule has 0 aromatic heterocycles. The lowest BCUT2D eigenvalue weighted by molar-refractivity contribution is -0.138. The molecule has 2 aliphatic rings. The first kappa shape index (κ1) is 10.8. The summed E-state index contributed by atoms with van der Waals surface area (Å²) in [6, 6.07) is 3.74. The van der Waals surface area contributed by atoms with Crippen LogP contribution < -0.4 is 9.47 Å². The Morgan fingerprint density at radius 3 is 2.65 bits per heavy atom. The summed E-state index contributed by atoms with van der Waals surface area (Å²) >= 11 is 3.43. The molecule has 17 heavy (non-hydrogen) atoms. The van der Waals surface area contributed by atoms with Gasteiger partial charge in [0.2, 0.25) is 6.08 Å². The van der Waals surface area contributed by atoms with Crippen molar-refractivity contribution in [3.63, 3.8) is 0 Å². The van der Waals surface area contributed by atoms with E-state index in [1.807, 2.05) is 12.1 Å². The molecule has 1 aromatic rings. The molecule has 1 fully saturated rings. The highest BCUT2D eigenvalue weighted by Gasteiger charge is 2.47. The van der Waals surface area contributed by atoms with Crippen LogP contribution in [-0.4, -0.2) is 11.9 Å². The van der Waals surface area contributed by atoms with E-state index >= 15 is 0 Å². The standard InChI is InChI=1S/C12H10BrNO3/c13-9-5-11-10(4-8(9)6-14-7-15)16-12(17-11)2-1-3-12/h4-5H,1-3,6H2.